The number of fused-ring (bicyclic) bond motifs is 1. The van der Waals surface area contributed by atoms with Crippen LogP contribution in [0.3, 0.4) is 0 Å². The first-order valence-electron chi connectivity index (χ1n) is 5.45. The highest BCUT2D eigenvalue weighted by atomic mass is 35.5. The fourth-order valence-corrected chi connectivity index (χ4v) is 2.21. The minimum Gasteiger partial charge on any atom is -0.238 e. The van der Waals surface area contributed by atoms with Gasteiger partial charge in [0.1, 0.15) is 0 Å². The SMILES string of the molecule is Cc1ccc(-n2cc3ccccc3n2)c(Cl)c1. The summed E-state index contributed by atoms with van der Waals surface area (Å²) in [6, 6.07) is 14.0. The van der Waals surface area contributed by atoms with Gasteiger partial charge in [0.05, 0.1) is 16.2 Å². The molecule has 2 aromatic carbocycles. The number of nitrogens with zero attached hydrogens (tertiary/aromatic N) is 2. The number of aromatic nitrogens is 2. The van der Waals surface area contributed by atoms with Gasteiger partial charge in [-0.3, -0.25) is 0 Å². The number of hydrogen-bond acceptors (Lipinski definition) is 1. The molecule has 1 aromatic heterocycles. The summed E-state index contributed by atoms with van der Waals surface area (Å²) in [6.45, 7) is 2.02. The standard InChI is InChI=1S/C14H11ClN2/c1-10-6-7-14(12(15)8-10)17-9-11-4-2-3-5-13(11)16-17/h2-9H,1H3. The molecule has 0 amide bonds. The smallest absolute Gasteiger partial charge is 0.0927 e. The molecule has 0 saturated carbocycles. The Balaban J connectivity index is 2.20. The van der Waals surface area contributed by atoms with Crippen LogP contribution >= 0.6 is 11.6 Å². The van der Waals surface area contributed by atoms with Crippen molar-refractivity contribution < 1.29 is 0 Å². The molecular weight excluding hydrogens is 232 g/mol. The van der Waals surface area contributed by atoms with E-state index in [1.54, 1.807) is 0 Å². The van der Waals surface area contributed by atoms with Gasteiger partial charge in [0, 0.05) is 11.6 Å². The van der Waals surface area contributed by atoms with Gasteiger partial charge in [-0.1, -0.05) is 35.9 Å². The minimum atomic E-state index is 0.720. The average Bonchev–Trinajstić information content (AvgIpc) is 2.72. The maximum absolute atomic E-state index is 6.23. The first-order chi connectivity index (χ1) is 8.24. The van der Waals surface area contributed by atoms with Gasteiger partial charge in [-0.25, -0.2) is 4.68 Å². The van der Waals surface area contributed by atoms with E-state index in [0.717, 1.165) is 27.2 Å². The number of benzene rings is 2. The predicted octanol–water partition coefficient (Wildman–Crippen LogP) is 3.99. The lowest BCUT2D eigenvalue weighted by atomic mass is 10.2. The Morgan fingerprint density at radius 2 is 1.94 bits per heavy atom. The molecule has 0 bridgehead atoms. The molecule has 3 heteroatoms. The van der Waals surface area contributed by atoms with Gasteiger partial charge >= 0.3 is 0 Å². The normalized spacial score (nSPS) is 10.9. The first kappa shape index (κ1) is 10.4. The van der Waals surface area contributed by atoms with Crippen LogP contribution in [0.2, 0.25) is 5.02 Å². The van der Waals surface area contributed by atoms with Crippen molar-refractivity contribution in [3.05, 3.63) is 59.2 Å². The molecule has 0 unspecified atom stereocenters. The Morgan fingerprint density at radius 1 is 1.12 bits per heavy atom. The van der Waals surface area contributed by atoms with Crippen molar-refractivity contribution in [2.75, 3.05) is 0 Å². The first-order valence-corrected chi connectivity index (χ1v) is 5.83. The summed E-state index contributed by atoms with van der Waals surface area (Å²) in [5.74, 6) is 0. The summed E-state index contributed by atoms with van der Waals surface area (Å²) in [5.41, 5.74) is 3.04. The molecule has 84 valence electrons. The van der Waals surface area contributed by atoms with Crippen LogP contribution in [0.1, 0.15) is 5.56 Å². The van der Waals surface area contributed by atoms with Crippen molar-refractivity contribution in [2.45, 2.75) is 6.92 Å². The van der Waals surface area contributed by atoms with E-state index in [1.807, 2.05) is 60.3 Å². The molecule has 0 aliphatic rings. The largest absolute Gasteiger partial charge is 0.238 e. The van der Waals surface area contributed by atoms with Crippen molar-refractivity contribution in [3.8, 4) is 5.69 Å². The minimum absolute atomic E-state index is 0.720. The van der Waals surface area contributed by atoms with Crippen LogP contribution in [-0.2, 0) is 0 Å². The molecule has 0 atom stereocenters. The van der Waals surface area contributed by atoms with Crippen LogP contribution < -0.4 is 0 Å². The van der Waals surface area contributed by atoms with Crippen molar-refractivity contribution in [3.63, 3.8) is 0 Å². The zero-order valence-electron chi connectivity index (χ0n) is 9.39. The third-order valence-corrected chi connectivity index (χ3v) is 3.07. The molecule has 0 N–H and O–H groups in total. The van der Waals surface area contributed by atoms with Gasteiger partial charge in [0.2, 0.25) is 0 Å². The van der Waals surface area contributed by atoms with Gasteiger partial charge in [-0.2, -0.15) is 5.10 Å². The van der Waals surface area contributed by atoms with E-state index >= 15 is 0 Å². The molecule has 0 spiro atoms. The van der Waals surface area contributed by atoms with E-state index in [4.69, 9.17) is 11.6 Å². The van der Waals surface area contributed by atoms with Crippen molar-refractivity contribution in [1.82, 2.24) is 9.78 Å². The summed E-state index contributed by atoms with van der Waals surface area (Å²) in [7, 11) is 0. The Bertz CT molecular complexity index is 653. The van der Waals surface area contributed by atoms with Crippen LogP contribution in [0.5, 0.6) is 0 Å². The Kier molecular flexibility index (Phi) is 2.37. The molecule has 0 fully saturated rings. The molecular formula is C14H11ClN2. The highest BCUT2D eigenvalue weighted by Crippen LogP contribution is 2.23. The number of aryl methyl sites for hydroxylation is 1. The maximum atomic E-state index is 6.23. The van der Waals surface area contributed by atoms with Crippen molar-refractivity contribution >= 4 is 22.5 Å². The Labute approximate surface area is 104 Å². The Morgan fingerprint density at radius 3 is 2.71 bits per heavy atom. The lowest BCUT2D eigenvalue weighted by molar-refractivity contribution is 0.896. The van der Waals surface area contributed by atoms with Crippen LogP contribution in [0.25, 0.3) is 16.6 Å². The molecule has 0 aliphatic heterocycles. The van der Waals surface area contributed by atoms with E-state index in [0.29, 0.717) is 0 Å². The molecule has 3 rings (SSSR count). The number of halogens is 1. The van der Waals surface area contributed by atoms with Crippen molar-refractivity contribution in [1.29, 1.82) is 0 Å². The predicted molar refractivity (Wildman–Crippen MR) is 70.8 cm³/mol. The molecule has 2 nitrogen and oxygen atoms in total. The zero-order chi connectivity index (χ0) is 11.8. The summed E-state index contributed by atoms with van der Waals surface area (Å²) >= 11 is 6.23. The van der Waals surface area contributed by atoms with Crippen LogP contribution in [0, 0.1) is 6.92 Å². The molecule has 3 aromatic rings. The van der Waals surface area contributed by atoms with Gasteiger partial charge in [-0.15, -0.1) is 0 Å². The van der Waals surface area contributed by atoms with E-state index in [2.05, 4.69) is 5.10 Å². The van der Waals surface area contributed by atoms with E-state index in [9.17, 15) is 0 Å². The molecule has 0 radical (unpaired) electrons. The topological polar surface area (TPSA) is 17.8 Å². The number of hydrogen-bond donors (Lipinski definition) is 0. The lowest BCUT2D eigenvalue weighted by Gasteiger charge is -2.04. The second-order valence-corrected chi connectivity index (χ2v) is 4.49. The van der Waals surface area contributed by atoms with Gasteiger partial charge in [-0.05, 0) is 30.7 Å². The van der Waals surface area contributed by atoms with E-state index in [1.165, 1.54) is 0 Å². The van der Waals surface area contributed by atoms with Gasteiger partial charge < -0.3 is 0 Å². The second-order valence-electron chi connectivity index (χ2n) is 4.09. The average molecular weight is 243 g/mol. The molecule has 0 saturated heterocycles. The third-order valence-electron chi connectivity index (χ3n) is 2.76. The molecule has 17 heavy (non-hydrogen) atoms. The van der Waals surface area contributed by atoms with Crippen LogP contribution in [0.4, 0.5) is 0 Å². The summed E-state index contributed by atoms with van der Waals surface area (Å²) < 4.78 is 1.83. The Hall–Kier alpha value is -1.80. The maximum Gasteiger partial charge on any atom is 0.0927 e. The molecule has 1 heterocycles. The fraction of sp³-hybridized carbons (Fsp3) is 0.0714. The van der Waals surface area contributed by atoms with Crippen LogP contribution in [-0.4, -0.2) is 9.78 Å². The second kappa shape index (κ2) is 3.90. The highest BCUT2D eigenvalue weighted by molar-refractivity contribution is 6.32. The zero-order valence-corrected chi connectivity index (χ0v) is 10.1. The summed E-state index contributed by atoms with van der Waals surface area (Å²) in [5, 5.41) is 6.34. The highest BCUT2D eigenvalue weighted by Gasteiger charge is 2.05. The third kappa shape index (κ3) is 1.81. The van der Waals surface area contributed by atoms with Gasteiger partial charge in [0.25, 0.3) is 0 Å². The fourth-order valence-electron chi connectivity index (χ4n) is 1.89. The van der Waals surface area contributed by atoms with Gasteiger partial charge in [0.15, 0.2) is 0 Å². The van der Waals surface area contributed by atoms with Crippen LogP contribution in [0.15, 0.2) is 48.7 Å². The van der Waals surface area contributed by atoms with E-state index in [-0.39, 0.29) is 0 Å². The monoisotopic (exact) mass is 242 g/mol. The van der Waals surface area contributed by atoms with E-state index < -0.39 is 0 Å². The summed E-state index contributed by atoms with van der Waals surface area (Å²) in [4.78, 5) is 0. The van der Waals surface area contributed by atoms with Crippen molar-refractivity contribution in [2.24, 2.45) is 0 Å². The summed E-state index contributed by atoms with van der Waals surface area (Å²) in [6.07, 6.45) is 1.99. The molecule has 0 aliphatic carbocycles. The lowest BCUT2D eigenvalue weighted by Crippen LogP contribution is -1.95. The quantitative estimate of drug-likeness (QED) is 0.631. The number of rotatable bonds is 1.